The van der Waals surface area contributed by atoms with E-state index < -0.39 is 0 Å². The smallest absolute Gasteiger partial charge is 0.255 e. The monoisotopic (exact) mass is 322 g/mol. The summed E-state index contributed by atoms with van der Waals surface area (Å²) >= 11 is 11.8. The van der Waals surface area contributed by atoms with E-state index in [1.54, 1.807) is 11.9 Å². The minimum Gasteiger partial charge on any atom is -0.341 e. The van der Waals surface area contributed by atoms with E-state index in [0.29, 0.717) is 22.1 Å². The highest BCUT2D eigenvalue weighted by Crippen LogP contribution is 2.30. The number of hydrogen-bond acceptors (Lipinski definition) is 4. The Morgan fingerprint density at radius 3 is 2.95 bits per heavy atom. The molecule has 1 aromatic heterocycles. The highest BCUT2D eigenvalue weighted by Gasteiger charge is 2.24. The van der Waals surface area contributed by atoms with Gasteiger partial charge in [0.25, 0.3) is 5.91 Å². The van der Waals surface area contributed by atoms with Crippen LogP contribution in [0.25, 0.3) is 0 Å². The van der Waals surface area contributed by atoms with Gasteiger partial charge in [0.15, 0.2) is 5.82 Å². The van der Waals surface area contributed by atoms with Gasteiger partial charge in [-0.25, -0.2) is 4.98 Å². The van der Waals surface area contributed by atoms with Crippen molar-refractivity contribution in [3.8, 4) is 0 Å². The second-order valence-corrected chi connectivity index (χ2v) is 5.52. The fourth-order valence-electron chi connectivity index (χ4n) is 2.31. The third kappa shape index (κ3) is 2.66. The number of anilines is 2. The number of rotatable bonds is 2. The molecule has 1 N–H and O–H groups in total. The lowest BCUT2D eigenvalue weighted by Gasteiger charge is -2.26. The molecule has 108 valence electrons. The highest BCUT2D eigenvalue weighted by molar-refractivity contribution is 6.33. The predicted molar refractivity (Wildman–Crippen MR) is 82.4 cm³/mol. The Kier molecular flexibility index (Phi) is 3.69. The first-order valence-electron chi connectivity index (χ1n) is 6.38. The third-order valence-corrected chi connectivity index (χ3v) is 3.85. The molecule has 0 saturated carbocycles. The summed E-state index contributed by atoms with van der Waals surface area (Å²) in [5.74, 6) is 0.363. The number of nitrogens with one attached hydrogen (secondary N) is 1. The van der Waals surface area contributed by atoms with E-state index in [0.717, 1.165) is 18.5 Å². The molecular weight excluding hydrogens is 311 g/mol. The van der Waals surface area contributed by atoms with Crippen molar-refractivity contribution in [2.75, 3.05) is 18.9 Å². The molecule has 0 unspecified atom stereocenters. The number of aromatic nitrogens is 2. The number of hydrogen-bond donors (Lipinski definition) is 1. The number of halogens is 2. The van der Waals surface area contributed by atoms with Crippen LogP contribution in [0.5, 0.6) is 0 Å². The van der Waals surface area contributed by atoms with Crippen molar-refractivity contribution in [1.29, 1.82) is 0 Å². The van der Waals surface area contributed by atoms with E-state index in [1.807, 2.05) is 18.2 Å². The fourth-order valence-corrected chi connectivity index (χ4v) is 2.58. The zero-order valence-electron chi connectivity index (χ0n) is 11.2. The molecule has 2 heterocycles. The molecule has 0 radical (unpaired) electrons. The standard InChI is InChI=1S/C14H12Cl2N4O/c1-20-6-5-8-3-2-4-10(11(8)13(20)21)18-12-9(15)7-17-14(16)19-12/h2-4,7H,5-6H2,1H3,(H,17,18,19). The van der Waals surface area contributed by atoms with E-state index in [1.165, 1.54) is 6.20 Å². The molecule has 1 aromatic carbocycles. The van der Waals surface area contributed by atoms with Gasteiger partial charge in [0.2, 0.25) is 5.28 Å². The second kappa shape index (κ2) is 5.50. The molecule has 7 heteroatoms. The van der Waals surface area contributed by atoms with Gasteiger partial charge in [0, 0.05) is 13.6 Å². The number of carbonyl (C=O) groups is 1. The van der Waals surface area contributed by atoms with Crippen LogP contribution < -0.4 is 5.32 Å². The fraction of sp³-hybridized carbons (Fsp3) is 0.214. The SMILES string of the molecule is CN1CCc2cccc(Nc3nc(Cl)ncc3Cl)c2C1=O. The first-order chi connectivity index (χ1) is 10.1. The summed E-state index contributed by atoms with van der Waals surface area (Å²) < 4.78 is 0. The Morgan fingerprint density at radius 2 is 2.14 bits per heavy atom. The maximum absolute atomic E-state index is 12.4. The molecule has 1 amide bonds. The molecular formula is C14H12Cl2N4O. The highest BCUT2D eigenvalue weighted by atomic mass is 35.5. The molecule has 0 saturated heterocycles. The maximum Gasteiger partial charge on any atom is 0.255 e. The quantitative estimate of drug-likeness (QED) is 0.863. The molecule has 1 aliphatic rings. The van der Waals surface area contributed by atoms with Crippen LogP contribution in [-0.2, 0) is 6.42 Å². The normalized spacial score (nSPS) is 14.0. The molecule has 2 aromatic rings. The van der Waals surface area contributed by atoms with Crippen LogP contribution in [0.1, 0.15) is 15.9 Å². The first kappa shape index (κ1) is 14.1. The lowest BCUT2D eigenvalue weighted by atomic mass is 9.97. The average Bonchev–Trinajstić information content (AvgIpc) is 2.47. The number of likely N-dealkylation sites (N-methyl/N-ethyl adjacent to an activating group) is 1. The zero-order valence-corrected chi connectivity index (χ0v) is 12.7. The summed E-state index contributed by atoms with van der Waals surface area (Å²) in [7, 11) is 1.79. The maximum atomic E-state index is 12.4. The van der Waals surface area contributed by atoms with E-state index in [-0.39, 0.29) is 11.2 Å². The van der Waals surface area contributed by atoms with Gasteiger partial charge in [-0.2, -0.15) is 4.98 Å². The number of fused-ring (bicyclic) bond motifs is 1. The Hall–Kier alpha value is -1.85. The molecule has 0 fully saturated rings. The van der Waals surface area contributed by atoms with Crippen LogP contribution in [0.2, 0.25) is 10.3 Å². The van der Waals surface area contributed by atoms with Gasteiger partial charge in [-0.15, -0.1) is 0 Å². The van der Waals surface area contributed by atoms with Gasteiger partial charge in [-0.3, -0.25) is 4.79 Å². The van der Waals surface area contributed by atoms with Gasteiger partial charge in [-0.05, 0) is 29.7 Å². The van der Waals surface area contributed by atoms with Crippen molar-refractivity contribution < 1.29 is 4.79 Å². The molecule has 0 aliphatic carbocycles. The van der Waals surface area contributed by atoms with Gasteiger partial charge in [-0.1, -0.05) is 23.7 Å². The van der Waals surface area contributed by atoms with Crippen LogP contribution in [0.4, 0.5) is 11.5 Å². The van der Waals surface area contributed by atoms with Crippen LogP contribution in [0.3, 0.4) is 0 Å². The minimum absolute atomic E-state index is 0.0179. The second-order valence-electron chi connectivity index (χ2n) is 4.78. The average molecular weight is 323 g/mol. The summed E-state index contributed by atoms with van der Waals surface area (Å²) in [5.41, 5.74) is 2.33. The number of benzene rings is 1. The van der Waals surface area contributed by atoms with Crippen molar-refractivity contribution in [1.82, 2.24) is 14.9 Å². The van der Waals surface area contributed by atoms with Crippen molar-refractivity contribution >= 4 is 40.6 Å². The van der Waals surface area contributed by atoms with E-state index in [2.05, 4.69) is 15.3 Å². The van der Waals surface area contributed by atoms with Crippen LogP contribution in [-0.4, -0.2) is 34.4 Å². The van der Waals surface area contributed by atoms with E-state index in [9.17, 15) is 4.79 Å². The molecule has 3 rings (SSSR count). The van der Waals surface area contributed by atoms with Gasteiger partial charge >= 0.3 is 0 Å². The molecule has 21 heavy (non-hydrogen) atoms. The molecule has 5 nitrogen and oxygen atoms in total. The van der Waals surface area contributed by atoms with Crippen molar-refractivity contribution in [2.45, 2.75) is 6.42 Å². The van der Waals surface area contributed by atoms with Crippen molar-refractivity contribution in [3.05, 3.63) is 45.8 Å². The lowest BCUT2D eigenvalue weighted by molar-refractivity contribution is 0.0782. The Balaban J connectivity index is 2.04. The molecule has 0 bridgehead atoms. The Bertz CT molecular complexity index is 720. The zero-order chi connectivity index (χ0) is 15.0. The van der Waals surface area contributed by atoms with Gasteiger partial charge in [0.05, 0.1) is 17.4 Å². The predicted octanol–water partition coefficient (Wildman–Crippen LogP) is 3.16. The van der Waals surface area contributed by atoms with Crippen molar-refractivity contribution in [3.63, 3.8) is 0 Å². The third-order valence-electron chi connectivity index (χ3n) is 3.40. The summed E-state index contributed by atoms with van der Waals surface area (Å²) in [6, 6.07) is 5.68. The van der Waals surface area contributed by atoms with Crippen LogP contribution in [0.15, 0.2) is 24.4 Å². The summed E-state index contributed by atoms with van der Waals surface area (Å²) in [6.45, 7) is 0.718. The Labute approximate surface area is 131 Å². The number of amides is 1. The molecule has 1 aliphatic heterocycles. The van der Waals surface area contributed by atoms with Crippen LogP contribution >= 0.6 is 23.2 Å². The number of nitrogens with zero attached hydrogens (tertiary/aromatic N) is 3. The molecule has 0 atom stereocenters. The summed E-state index contributed by atoms with van der Waals surface area (Å²) in [5, 5.41) is 3.51. The summed E-state index contributed by atoms with van der Waals surface area (Å²) in [4.78, 5) is 21.9. The van der Waals surface area contributed by atoms with Crippen LogP contribution in [0, 0.1) is 0 Å². The number of carbonyl (C=O) groups excluding carboxylic acids is 1. The largest absolute Gasteiger partial charge is 0.341 e. The molecule has 0 spiro atoms. The van der Waals surface area contributed by atoms with Gasteiger partial charge < -0.3 is 10.2 Å². The lowest BCUT2D eigenvalue weighted by Crippen LogP contribution is -2.34. The van der Waals surface area contributed by atoms with Gasteiger partial charge in [0.1, 0.15) is 5.02 Å². The van der Waals surface area contributed by atoms with E-state index in [4.69, 9.17) is 23.2 Å². The Morgan fingerprint density at radius 1 is 1.33 bits per heavy atom. The first-order valence-corrected chi connectivity index (χ1v) is 7.14. The van der Waals surface area contributed by atoms with Crippen molar-refractivity contribution in [2.24, 2.45) is 0 Å². The minimum atomic E-state index is -0.0179. The summed E-state index contributed by atoms with van der Waals surface area (Å²) in [6.07, 6.45) is 2.24. The van der Waals surface area contributed by atoms with E-state index >= 15 is 0 Å². The topological polar surface area (TPSA) is 58.1 Å².